The van der Waals surface area contributed by atoms with Gasteiger partial charge in [-0.25, -0.2) is 0 Å². The van der Waals surface area contributed by atoms with Crippen molar-refractivity contribution in [3.05, 3.63) is 64.1 Å². The number of nitrogen functional groups attached to an aromatic ring is 1. The highest BCUT2D eigenvalue weighted by Crippen LogP contribution is 2.14. The van der Waals surface area contributed by atoms with Gasteiger partial charge in [-0.2, -0.15) is 0 Å². The molecule has 116 valence electrons. The molecule has 0 saturated heterocycles. The Morgan fingerprint density at radius 2 is 1.95 bits per heavy atom. The zero-order valence-electron chi connectivity index (χ0n) is 12.6. The van der Waals surface area contributed by atoms with E-state index in [0.29, 0.717) is 0 Å². The van der Waals surface area contributed by atoms with Crippen molar-refractivity contribution in [1.82, 2.24) is 9.99 Å². The van der Waals surface area contributed by atoms with Gasteiger partial charge in [0.15, 0.2) is 11.4 Å². The maximum Gasteiger partial charge on any atom is 0.274 e. The largest absolute Gasteiger partial charge is 0.482 e. The molecule has 1 amide bonds. The number of carbonyl (C=O) groups excluding carboxylic acids is 1. The molecule has 0 radical (unpaired) electrons. The second-order valence-corrected chi connectivity index (χ2v) is 5.17. The summed E-state index contributed by atoms with van der Waals surface area (Å²) < 4.78 is 6.66. The fourth-order valence-electron chi connectivity index (χ4n) is 1.95. The van der Waals surface area contributed by atoms with Gasteiger partial charge in [-0.05, 0) is 19.4 Å². The Morgan fingerprint density at radius 3 is 2.59 bits per heavy atom. The van der Waals surface area contributed by atoms with E-state index in [0.717, 1.165) is 10.2 Å². The zero-order chi connectivity index (χ0) is 16.1. The predicted molar refractivity (Wildman–Crippen MR) is 84.2 cm³/mol. The van der Waals surface area contributed by atoms with Crippen LogP contribution in [0.5, 0.6) is 5.75 Å². The van der Waals surface area contributed by atoms with Crippen LogP contribution in [0.1, 0.15) is 29.9 Å². The van der Waals surface area contributed by atoms with Crippen molar-refractivity contribution in [2.45, 2.75) is 26.5 Å². The molecule has 1 aromatic heterocycles. The lowest BCUT2D eigenvalue weighted by molar-refractivity contribution is 0.0929. The Hall–Kier alpha value is -2.76. The Morgan fingerprint density at radius 1 is 1.27 bits per heavy atom. The Labute approximate surface area is 128 Å². The Bertz CT molecular complexity index is 708. The van der Waals surface area contributed by atoms with Crippen LogP contribution in [-0.2, 0) is 6.61 Å². The summed E-state index contributed by atoms with van der Waals surface area (Å²) in [6.45, 7) is 3.83. The minimum absolute atomic E-state index is 0.0112. The molecule has 1 heterocycles. The molecule has 0 spiro atoms. The third kappa shape index (κ3) is 3.66. The van der Waals surface area contributed by atoms with Crippen molar-refractivity contribution in [1.29, 1.82) is 0 Å². The number of nitrogens with two attached hydrogens (primary N) is 1. The molecule has 0 aliphatic carbocycles. The average molecular weight is 301 g/mol. The molecule has 3 N–H and O–H groups in total. The number of nitrogens with one attached hydrogen (secondary N) is 1. The van der Waals surface area contributed by atoms with Gasteiger partial charge in [0.25, 0.3) is 5.91 Å². The standard InChI is InChI=1S/C16H19N3O3/c1-11(2)18-16(21)14-15(13(20)8-9-19(14)17)22-10-12-6-4-3-5-7-12/h3-9,11H,10,17H2,1-2H3,(H,18,21). The molecular formula is C16H19N3O3. The number of nitrogens with zero attached hydrogens (tertiary/aromatic N) is 1. The van der Waals surface area contributed by atoms with Gasteiger partial charge < -0.3 is 15.9 Å². The van der Waals surface area contributed by atoms with Crippen LogP contribution in [0.25, 0.3) is 0 Å². The van der Waals surface area contributed by atoms with Crippen molar-refractivity contribution in [2.24, 2.45) is 0 Å². The summed E-state index contributed by atoms with van der Waals surface area (Å²) in [6, 6.07) is 10.6. The molecule has 0 atom stereocenters. The first-order valence-electron chi connectivity index (χ1n) is 6.97. The average Bonchev–Trinajstić information content (AvgIpc) is 2.48. The number of aromatic nitrogens is 1. The zero-order valence-corrected chi connectivity index (χ0v) is 12.6. The van der Waals surface area contributed by atoms with E-state index in [1.165, 1.54) is 12.3 Å². The van der Waals surface area contributed by atoms with Gasteiger partial charge in [0.2, 0.25) is 5.43 Å². The lowest BCUT2D eigenvalue weighted by Crippen LogP contribution is -2.35. The van der Waals surface area contributed by atoms with Gasteiger partial charge in [-0.3, -0.25) is 14.3 Å². The molecule has 0 saturated carbocycles. The fraction of sp³-hybridized carbons (Fsp3) is 0.250. The quantitative estimate of drug-likeness (QED) is 0.815. The normalized spacial score (nSPS) is 10.5. The predicted octanol–water partition coefficient (Wildman–Crippen LogP) is 1.28. The van der Waals surface area contributed by atoms with Crippen LogP contribution >= 0.6 is 0 Å². The van der Waals surface area contributed by atoms with Crippen LogP contribution in [0, 0.1) is 0 Å². The smallest absolute Gasteiger partial charge is 0.274 e. The number of carbonyl (C=O) groups is 1. The van der Waals surface area contributed by atoms with Crippen LogP contribution < -0.4 is 21.3 Å². The molecule has 6 nitrogen and oxygen atoms in total. The van der Waals surface area contributed by atoms with Gasteiger partial charge in [0.1, 0.15) is 6.61 Å². The van der Waals surface area contributed by atoms with Crippen molar-refractivity contribution >= 4 is 5.91 Å². The molecule has 0 aliphatic rings. The van der Waals surface area contributed by atoms with Crippen LogP contribution in [0.15, 0.2) is 47.4 Å². The van der Waals surface area contributed by atoms with Gasteiger partial charge in [0, 0.05) is 18.3 Å². The first-order chi connectivity index (χ1) is 10.5. The molecular weight excluding hydrogens is 282 g/mol. The number of rotatable bonds is 5. The third-order valence-electron chi connectivity index (χ3n) is 2.94. The third-order valence-corrected chi connectivity index (χ3v) is 2.94. The Kier molecular flexibility index (Phi) is 4.83. The number of pyridine rings is 1. The van der Waals surface area contributed by atoms with E-state index >= 15 is 0 Å². The first-order valence-corrected chi connectivity index (χ1v) is 6.97. The van der Waals surface area contributed by atoms with Crippen LogP contribution in [0.3, 0.4) is 0 Å². The van der Waals surface area contributed by atoms with E-state index in [1.807, 2.05) is 44.2 Å². The van der Waals surface area contributed by atoms with Gasteiger partial charge in [0.05, 0.1) is 0 Å². The minimum atomic E-state index is -0.446. The topological polar surface area (TPSA) is 86.3 Å². The lowest BCUT2D eigenvalue weighted by Gasteiger charge is -2.15. The summed E-state index contributed by atoms with van der Waals surface area (Å²) in [5.74, 6) is 5.28. The van der Waals surface area contributed by atoms with E-state index in [4.69, 9.17) is 10.6 Å². The van der Waals surface area contributed by atoms with E-state index in [1.54, 1.807) is 0 Å². The molecule has 0 fully saturated rings. The minimum Gasteiger partial charge on any atom is -0.482 e. The number of hydrogen-bond acceptors (Lipinski definition) is 4. The number of amides is 1. The van der Waals surface area contributed by atoms with Crippen molar-refractivity contribution < 1.29 is 9.53 Å². The number of ether oxygens (including phenoxy) is 1. The summed E-state index contributed by atoms with van der Waals surface area (Å²) in [5.41, 5.74) is 0.521. The molecule has 1 aromatic carbocycles. The van der Waals surface area contributed by atoms with Gasteiger partial charge in [-0.1, -0.05) is 30.3 Å². The summed E-state index contributed by atoms with van der Waals surface area (Å²) in [5, 5.41) is 2.71. The van der Waals surface area contributed by atoms with Crippen LogP contribution in [-0.4, -0.2) is 16.6 Å². The lowest BCUT2D eigenvalue weighted by atomic mass is 10.2. The second kappa shape index (κ2) is 6.80. The molecule has 0 bridgehead atoms. The van der Waals surface area contributed by atoms with E-state index in [2.05, 4.69) is 5.32 Å². The van der Waals surface area contributed by atoms with Crippen molar-refractivity contribution in [3.8, 4) is 5.75 Å². The van der Waals surface area contributed by atoms with Crippen LogP contribution in [0.2, 0.25) is 0 Å². The molecule has 2 rings (SSSR count). The van der Waals surface area contributed by atoms with Crippen molar-refractivity contribution in [3.63, 3.8) is 0 Å². The second-order valence-electron chi connectivity index (χ2n) is 5.17. The number of hydrogen-bond donors (Lipinski definition) is 2. The summed E-state index contributed by atoms with van der Waals surface area (Å²) in [7, 11) is 0. The molecule has 0 unspecified atom stereocenters. The SMILES string of the molecule is CC(C)NC(=O)c1c(OCc2ccccc2)c(=O)ccn1N. The summed E-state index contributed by atoms with van der Waals surface area (Å²) in [6.07, 6.45) is 1.34. The van der Waals surface area contributed by atoms with E-state index in [9.17, 15) is 9.59 Å². The van der Waals surface area contributed by atoms with Gasteiger partial charge in [-0.15, -0.1) is 0 Å². The summed E-state index contributed by atoms with van der Waals surface area (Å²) in [4.78, 5) is 24.3. The van der Waals surface area contributed by atoms with Crippen molar-refractivity contribution in [2.75, 3.05) is 5.84 Å². The van der Waals surface area contributed by atoms with E-state index in [-0.39, 0.29) is 29.5 Å². The van der Waals surface area contributed by atoms with E-state index < -0.39 is 5.91 Å². The fourth-order valence-corrected chi connectivity index (χ4v) is 1.95. The highest BCUT2D eigenvalue weighted by Gasteiger charge is 2.20. The molecule has 6 heteroatoms. The summed E-state index contributed by atoms with van der Waals surface area (Å²) >= 11 is 0. The van der Waals surface area contributed by atoms with Crippen LogP contribution in [0.4, 0.5) is 0 Å². The Balaban J connectivity index is 2.31. The molecule has 2 aromatic rings. The van der Waals surface area contributed by atoms with Gasteiger partial charge >= 0.3 is 0 Å². The monoisotopic (exact) mass is 301 g/mol. The molecule has 22 heavy (non-hydrogen) atoms. The highest BCUT2D eigenvalue weighted by atomic mass is 16.5. The molecule has 0 aliphatic heterocycles. The maximum atomic E-state index is 12.2. The first kappa shape index (κ1) is 15.6. The number of benzene rings is 1. The maximum absolute atomic E-state index is 12.2. The highest BCUT2D eigenvalue weighted by molar-refractivity contribution is 5.95.